The summed E-state index contributed by atoms with van der Waals surface area (Å²) in [4.78, 5) is 0. The van der Waals surface area contributed by atoms with Crippen LogP contribution in [0.25, 0.3) is 0 Å². The molecule has 0 aromatic carbocycles. The van der Waals surface area contributed by atoms with Crippen LogP contribution in [0.5, 0.6) is 0 Å². The zero-order valence-corrected chi connectivity index (χ0v) is 5.04. The second-order valence-electron chi connectivity index (χ2n) is 1.49. The Kier molecular flexibility index (Phi) is 3.05. The maximum absolute atomic E-state index is 8.49. The van der Waals surface area contributed by atoms with E-state index in [0.29, 0.717) is 5.70 Å². The van der Waals surface area contributed by atoms with Crippen LogP contribution in [0.3, 0.4) is 0 Å². The monoisotopic (exact) mass is 126 g/mol. The molecule has 0 heterocycles. The first-order valence-corrected chi connectivity index (χ1v) is 2.40. The lowest BCUT2D eigenvalue weighted by molar-refractivity contribution is 0.435. The average molecular weight is 126 g/mol. The average Bonchev–Trinajstić information content (AvgIpc) is 1.83. The third-order valence-corrected chi connectivity index (χ3v) is 0.661. The van der Waals surface area contributed by atoms with E-state index in [1.165, 1.54) is 18.4 Å². The molecule has 0 spiro atoms. The lowest BCUT2D eigenvalue weighted by atomic mass is 10.4. The van der Waals surface area contributed by atoms with Gasteiger partial charge in [0.15, 0.2) is 0 Å². The predicted molar refractivity (Wildman–Crippen MR) is 37.4 cm³/mol. The van der Waals surface area contributed by atoms with Gasteiger partial charge in [0.2, 0.25) is 0 Å². The maximum Gasteiger partial charge on any atom is 0.108 e. The first-order chi connectivity index (χ1) is 4.16. The lowest BCUT2D eigenvalue weighted by Crippen LogP contribution is -1.96. The second-order valence-corrected chi connectivity index (χ2v) is 1.49. The molecule has 0 aliphatic rings. The molecule has 0 aromatic heterocycles. The Morgan fingerprint density at radius 3 is 2.33 bits per heavy atom. The first kappa shape index (κ1) is 7.62. The largest absolute Gasteiger partial charge is 0.509 e. The third kappa shape index (κ3) is 4.47. The van der Waals surface area contributed by atoms with E-state index in [0.717, 1.165) is 0 Å². The minimum absolute atomic E-state index is 0.0419. The highest BCUT2D eigenvalue weighted by Gasteiger charge is 1.78. The van der Waals surface area contributed by atoms with Crippen molar-refractivity contribution in [3.05, 3.63) is 36.4 Å². The minimum atomic E-state index is -0.0419. The number of allylic oxidation sites excluding steroid dienone is 2. The number of hydrogen-bond donors (Lipinski definition) is 3. The van der Waals surface area contributed by atoms with E-state index in [-0.39, 0.29) is 5.76 Å². The van der Waals surface area contributed by atoms with Gasteiger partial charge in [0.1, 0.15) is 5.76 Å². The molecule has 3 nitrogen and oxygen atoms in total. The van der Waals surface area contributed by atoms with Crippen molar-refractivity contribution >= 4 is 0 Å². The van der Waals surface area contributed by atoms with Crippen LogP contribution in [0.4, 0.5) is 0 Å². The standard InChI is InChI=1S/C6H10N2O/c1-5(9)2-3-6(8)4-7/h2-4,9H,1,7-8H2/b3-2-,6-4+. The van der Waals surface area contributed by atoms with Crippen molar-refractivity contribution in [2.75, 3.05) is 0 Å². The fourth-order valence-corrected chi connectivity index (χ4v) is 0.248. The summed E-state index contributed by atoms with van der Waals surface area (Å²) in [5, 5.41) is 8.49. The summed E-state index contributed by atoms with van der Waals surface area (Å²) in [6.07, 6.45) is 4.06. The summed E-state index contributed by atoms with van der Waals surface area (Å²) in [6, 6.07) is 0. The highest BCUT2D eigenvalue weighted by molar-refractivity contribution is 5.19. The molecule has 50 valence electrons. The van der Waals surface area contributed by atoms with Gasteiger partial charge in [-0.15, -0.1) is 0 Å². The van der Waals surface area contributed by atoms with Crippen LogP contribution in [-0.4, -0.2) is 5.11 Å². The van der Waals surface area contributed by atoms with E-state index in [9.17, 15) is 0 Å². The van der Waals surface area contributed by atoms with Gasteiger partial charge in [0.05, 0.1) is 0 Å². The van der Waals surface area contributed by atoms with Crippen LogP contribution >= 0.6 is 0 Å². The molecule has 0 rings (SSSR count). The van der Waals surface area contributed by atoms with Crippen LogP contribution in [-0.2, 0) is 0 Å². The minimum Gasteiger partial charge on any atom is -0.509 e. The van der Waals surface area contributed by atoms with Gasteiger partial charge in [-0.3, -0.25) is 0 Å². The van der Waals surface area contributed by atoms with Crippen LogP contribution < -0.4 is 11.5 Å². The summed E-state index contributed by atoms with van der Waals surface area (Å²) in [5.41, 5.74) is 10.6. The quantitative estimate of drug-likeness (QED) is 0.370. The Bertz CT molecular complexity index is 158. The van der Waals surface area contributed by atoms with Crippen molar-refractivity contribution in [3.8, 4) is 0 Å². The molecule has 3 heteroatoms. The number of aliphatic hydroxyl groups excluding tert-OH is 1. The van der Waals surface area contributed by atoms with Gasteiger partial charge in [0, 0.05) is 11.9 Å². The summed E-state index contributed by atoms with van der Waals surface area (Å²) in [5.74, 6) is -0.0419. The van der Waals surface area contributed by atoms with E-state index in [1.807, 2.05) is 0 Å². The van der Waals surface area contributed by atoms with Crippen molar-refractivity contribution in [1.82, 2.24) is 0 Å². The van der Waals surface area contributed by atoms with Gasteiger partial charge in [-0.05, 0) is 12.2 Å². The lowest BCUT2D eigenvalue weighted by Gasteiger charge is -1.87. The molecule has 0 saturated carbocycles. The maximum atomic E-state index is 8.49. The Hall–Kier alpha value is -1.38. The second kappa shape index (κ2) is 3.60. The van der Waals surface area contributed by atoms with Gasteiger partial charge in [-0.1, -0.05) is 6.58 Å². The molecule has 0 unspecified atom stereocenters. The van der Waals surface area contributed by atoms with E-state index in [1.54, 1.807) is 0 Å². The molecule has 0 bridgehead atoms. The molecule has 0 aliphatic heterocycles. The number of nitrogens with two attached hydrogens (primary N) is 2. The van der Waals surface area contributed by atoms with E-state index >= 15 is 0 Å². The normalized spacial score (nSPS) is 12.2. The summed E-state index contributed by atoms with van der Waals surface area (Å²) < 4.78 is 0. The van der Waals surface area contributed by atoms with Crippen LogP contribution in [0.1, 0.15) is 0 Å². The third-order valence-electron chi connectivity index (χ3n) is 0.661. The number of hydrogen-bond acceptors (Lipinski definition) is 3. The highest BCUT2D eigenvalue weighted by Crippen LogP contribution is 1.88. The fraction of sp³-hybridized carbons (Fsp3) is 0. The molecule has 9 heavy (non-hydrogen) atoms. The van der Waals surface area contributed by atoms with Gasteiger partial charge in [-0.25, -0.2) is 0 Å². The summed E-state index contributed by atoms with van der Waals surface area (Å²) in [7, 11) is 0. The van der Waals surface area contributed by atoms with E-state index in [4.69, 9.17) is 16.6 Å². The van der Waals surface area contributed by atoms with E-state index < -0.39 is 0 Å². The SMILES string of the molecule is C=C(O)/C=C\C(N)=C/N. The van der Waals surface area contributed by atoms with Gasteiger partial charge < -0.3 is 16.6 Å². The predicted octanol–water partition coefficient (Wildman–Crippen LogP) is 0.373. The molecule has 0 atom stereocenters. The molecule has 0 fully saturated rings. The van der Waals surface area contributed by atoms with Crippen LogP contribution in [0.2, 0.25) is 0 Å². The van der Waals surface area contributed by atoms with Gasteiger partial charge in [-0.2, -0.15) is 0 Å². The van der Waals surface area contributed by atoms with Crippen molar-refractivity contribution < 1.29 is 5.11 Å². The van der Waals surface area contributed by atoms with Crippen molar-refractivity contribution in [2.24, 2.45) is 11.5 Å². The van der Waals surface area contributed by atoms with Gasteiger partial charge in [0.25, 0.3) is 0 Å². The van der Waals surface area contributed by atoms with Crippen molar-refractivity contribution in [2.45, 2.75) is 0 Å². The molecule has 0 radical (unpaired) electrons. The summed E-state index contributed by atoms with van der Waals surface area (Å²) in [6.45, 7) is 3.21. The van der Waals surface area contributed by atoms with Crippen LogP contribution in [0, 0.1) is 0 Å². The van der Waals surface area contributed by atoms with Crippen LogP contribution in [0.15, 0.2) is 36.4 Å². The summed E-state index contributed by atoms with van der Waals surface area (Å²) >= 11 is 0. The Balaban J connectivity index is 3.86. The molecular formula is C6H10N2O. The van der Waals surface area contributed by atoms with E-state index in [2.05, 4.69) is 6.58 Å². The highest BCUT2D eigenvalue weighted by atomic mass is 16.3. The smallest absolute Gasteiger partial charge is 0.108 e. The molecular weight excluding hydrogens is 116 g/mol. The number of aliphatic hydroxyl groups is 1. The topological polar surface area (TPSA) is 72.3 Å². The Morgan fingerprint density at radius 2 is 2.00 bits per heavy atom. The van der Waals surface area contributed by atoms with Crippen molar-refractivity contribution in [1.29, 1.82) is 0 Å². The molecule has 0 aliphatic carbocycles. The zero-order chi connectivity index (χ0) is 7.28. The van der Waals surface area contributed by atoms with Gasteiger partial charge >= 0.3 is 0 Å². The molecule has 0 amide bonds. The number of rotatable bonds is 2. The Labute approximate surface area is 54.0 Å². The molecule has 0 aromatic rings. The van der Waals surface area contributed by atoms with Crippen molar-refractivity contribution in [3.63, 3.8) is 0 Å². The molecule has 0 saturated heterocycles. The molecule has 5 N–H and O–H groups in total. The zero-order valence-electron chi connectivity index (χ0n) is 5.04. The fourth-order valence-electron chi connectivity index (χ4n) is 0.248. The first-order valence-electron chi connectivity index (χ1n) is 2.40. The Morgan fingerprint density at radius 1 is 1.44 bits per heavy atom.